The number of anilines is 3. The van der Waals surface area contributed by atoms with Gasteiger partial charge in [-0.05, 0) is 40.2 Å². The van der Waals surface area contributed by atoms with Crippen molar-refractivity contribution in [2.45, 2.75) is 0 Å². The summed E-state index contributed by atoms with van der Waals surface area (Å²) in [7, 11) is 0. The van der Waals surface area contributed by atoms with Crippen LogP contribution < -0.4 is 11.1 Å². The van der Waals surface area contributed by atoms with Crippen LogP contribution in [0.1, 0.15) is 0 Å². The average Bonchev–Trinajstić information content (AvgIpc) is 2.25. The fourth-order valence-electron chi connectivity index (χ4n) is 1.20. The third-order valence-electron chi connectivity index (χ3n) is 1.93. The lowest BCUT2D eigenvalue weighted by Gasteiger charge is -2.07. The van der Waals surface area contributed by atoms with E-state index in [4.69, 9.17) is 5.73 Å². The second-order valence-corrected chi connectivity index (χ2v) is 3.88. The van der Waals surface area contributed by atoms with Crippen LogP contribution in [0.3, 0.4) is 0 Å². The van der Waals surface area contributed by atoms with Gasteiger partial charge in [0, 0.05) is 5.69 Å². The number of nitrogens with two attached hydrogens (primary N) is 1. The highest BCUT2D eigenvalue weighted by molar-refractivity contribution is 9.10. The van der Waals surface area contributed by atoms with Gasteiger partial charge >= 0.3 is 0 Å². The number of hydrogen-bond acceptors (Lipinski definition) is 3. The maximum absolute atomic E-state index is 5.79. The van der Waals surface area contributed by atoms with E-state index in [2.05, 4.69) is 26.2 Å². The van der Waals surface area contributed by atoms with Crippen molar-refractivity contribution in [3.63, 3.8) is 0 Å². The maximum Gasteiger partial charge on any atom is 0.154 e. The molecule has 2 aromatic rings. The molecule has 1 aromatic carbocycles. The van der Waals surface area contributed by atoms with Crippen molar-refractivity contribution in [2.24, 2.45) is 0 Å². The predicted octanol–water partition coefficient (Wildman–Crippen LogP) is 3.17. The third kappa shape index (κ3) is 2.47. The Kier molecular flexibility index (Phi) is 2.87. The van der Waals surface area contributed by atoms with Gasteiger partial charge in [-0.15, -0.1) is 0 Å². The van der Waals surface area contributed by atoms with Crippen LogP contribution in [-0.2, 0) is 0 Å². The zero-order valence-electron chi connectivity index (χ0n) is 7.94. The molecule has 0 spiro atoms. The molecular weight excluding hydrogens is 254 g/mol. The molecule has 0 aliphatic heterocycles. The van der Waals surface area contributed by atoms with Gasteiger partial charge in [-0.25, -0.2) is 4.98 Å². The summed E-state index contributed by atoms with van der Waals surface area (Å²) in [6.07, 6.45) is 0. The summed E-state index contributed by atoms with van der Waals surface area (Å²) in [5, 5.41) is 3.15. The van der Waals surface area contributed by atoms with Gasteiger partial charge in [0.25, 0.3) is 0 Å². The summed E-state index contributed by atoms with van der Waals surface area (Å²) < 4.78 is 0.759. The highest BCUT2D eigenvalue weighted by Gasteiger charge is 2.01. The minimum Gasteiger partial charge on any atom is -0.396 e. The molecule has 0 bridgehead atoms. The fraction of sp³-hybridized carbons (Fsp3) is 0. The van der Waals surface area contributed by atoms with Crippen molar-refractivity contribution >= 4 is 33.1 Å². The van der Waals surface area contributed by atoms with E-state index in [0.29, 0.717) is 11.5 Å². The Labute approximate surface area is 96.5 Å². The number of para-hydroxylation sites is 1. The molecule has 76 valence electrons. The molecule has 0 saturated heterocycles. The van der Waals surface area contributed by atoms with Crippen LogP contribution in [0.2, 0.25) is 0 Å². The van der Waals surface area contributed by atoms with Crippen LogP contribution in [-0.4, -0.2) is 4.98 Å². The molecule has 1 aromatic heterocycles. The van der Waals surface area contributed by atoms with Crippen LogP contribution >= 0.6 is 15.9 Å². The molecule has 0 saturated carbocycles. The Morgan fingerprint density at radius 2 is 1.80 bits per heavy atom. The minimum absolute atomic E-state index is 0.627. The van der Waals surface area contributed by atoms with E-state index < -0.39 is 0 Å². The second kappa shape index (κ2) is 4.31. The van der Waals surface area contributed by atoms with E-state index in [1.807, 2.05) is 42.5 Å². The number of hydrogen-bond donors (Lipinski definition) is 2. The largest absolute Gasteiger partial charge is 0.396 e. The Hall–Kier alpha value is -1.55. The van der Waals surface area contributed by atoms with E-state index >= 15 is 0 Å². The van der Waals surface area contributed by atoms with E-state index in [9.17, 15) is 0 Å². The molecule has 4 heteroatoms. The van der Waals surface area contributed by atoms with Gasteiger partial charge < -0.3 is 11.1 Å². The summed E-state index contributed by atoms with van der Waals surface area (Å²) >= 11 is 3.30. The first-order valence-electron chi connectivity index (χ1n) is 4.50. The molecule has 0 aliphatic carbocycles. The number of aromatic nitrogens is 1. The molecule has 2 rings (SSSR count). The molecule has 0 atom stereocenters. The van der Waals surface area contributed by atoms with Crippen LogP contribution in [0.4, 0.5) is 17.2 Å². The lowest BCUT2D eigenvalue weighted by Crippen LogP contribution is -1.98. The number of rotatable bonds is 2. The van der Waals surface area contributed by atoms with Crippen molar-refractivity contribution in [3.05, 3.63) is 47.1 Å². The van der Waals surface area contributed by atoms with E-state index in [1.165, 1.54) is 0 Å². The normalized spacial score (nSPS) is 9.93. The SMILES string of the molecule is Nc1ccc(Br)nc1Nc1ccccc1. The van der Waals surface area contributed by atoms with Crippen molar-refractivity contribution in [2.75, 3.05) is 11.1 Å². The number of nitrogen functional groups attached to an aromatic ring is 1. The van der Waals surface area contributed by atoms with Crippen molar-refractivity contribution in [1.82, 2.24) is 4.98 Å². The molecule has 0 amide bonds. The molecule has 0 fully saturated rings. The zero-order valence-corrected chi connectivity index (χ0v) is 9.53. The predicted molar refractivity (Wildman–Crippen MR) is 66.1 cm³/mol. The van der Waals surface area contributed by atoms with Crippen molar-refractivity contribution < 1.29 is 0 Å². The molecular formula is C11H10BrN3. The first-order chi connectivity index (χ1) is 7.25. The van der Waals surface area contributed by atoms with Crippen LogP contribution in [0, 0.1) is 0 Å². The van der Waals surface area contributed by atoms with Gasteiger partial charge in [0.2, 0.25) is 0 Å². The monoisotopic (exact) mass is 263 g/mol. The zero-order chi connectivity index (χ0) is 10.7. The molecule has 0 unspecified atom stereocenters. The summed E-state index contributed by atoms with van der Waals surface area (Å²) in [4.78, 5) is 4.25. The second-order valence-electron chi connectivity index (χ2n) is 3.06. The van der Waals surface area contributed by atoms with Crippen molar-refractivity contribution in [1.29, 1.82) is 0 Å². The summed E-state index contributed by atoms with van der Waals surface area (Å²) in [5.41, 5.74) is 7.39. The molecule has 0 aliphatic rings. The smallest absolute Gasteiger partial charge is 0.154 e. The molecule has 3 N–H and O–H groups in total. The van der Waals surface area contributed by atoms with Gasteiger partial charge in [0.1, 0.15) is 4.60 Å². The van der Waals surface area contributed by atoms with Crippen LogP contribution in [0.5, 0.6) is 0 Å². The average molecular weight is 264 g/mol. The lowest BCUT2D eigenvalue weighted by molar-refractivity contribution is 1.27. The topological polar surface area (TPSA) is 50.9 Å². The number of nitrogens with zero attached hydrogens (tertiary/aromatic N) is 1. The lowest BCUT2D eigenvalue weighted by atomic mass is 10.3. The summed E-state index contributed by atoms with van der Waals surface area (Å²) in [6, 6.07) is 13.4. The first-order valence-corrected chi connectivity index (χ1v) is 5.29. The van der Waals surface area contributed by atoms with Crippen LogP contribution in [0.25, 0.3) is 0 Å². The number of halogens is 1. The third-order valence-corrected chi connectivity index (χ3v) is 2.37. The van der Waals surface area contributed by atoms with Gasteiger partial charge in [-0.2, -0.15) is 0 Å². The molecule has 15 heavy (non-hydrogen) atoms. The van der Waals surface area contributed by atoms with Gasteiger partial charge in [-0.1, -0.05) is 18.2 Å². The highest BCUT2D eigenvalue weighted by atomic mass is 79.9. The van der Waals surface area contributed by atoms with Gasteiger partial charge in [0.05, 0.1) is 5.69 Å². The Balaban J connectivity index is 2.28. The number of pyridine rings is 1. The fourth-order valence-corrected chi connectivity index (χ4v) is 1.51. The molecule has 1 heterocycles. The minimum atomic E-state index is 0.627. The Morgan fingerprint density at radius 1 is 1.07 bits per heavy atom. The van der Waals surface area contributed by atoms with Gasteiger partial charge in [-0.3, -0.25) is 0 Å². The highest BCUT2D eigenvalue weighted by Crippen LogP contribution is 2.22. The molecule has 0 radical (unpaired) electrons. The number of benzene rings is 1. The van der Waals surface area contributed by atoms with E-state index in [1.54, 1.807) is 0 Å². The van der Waals surface area contributed by atoms with E-state index in [-0.39, 0.29) is 0 Å². The Bertz CT molecular complexity index is 457. The molecule has 3 nitrogen and oxygen atoms in total. The summed E-state index contributed by atoms with van der Waals surface area (Å²) in [6.45, 7) is 0. The van der Waals surface area contributed by atoms with Gasteiger partial charge in [0.15, 0.2) is 5.82 Å². The van der Waals surface area contributed by atoms with Crippen LogP contribution in [0.15, 0.2) is 47.1 Å². The van der Waals surface area contributed by atoms with Crippen molar-refractivity contribution in [3.8, 4) is 0 Å². The quantitative estimate of drug-likeness (QED) is 0.819. The first kappa shape index (κ1) is 9.98. The number of nitrogens with one attached hydrogen (secondary N) is 1. The summed E-state index contributed by atoms with van der Waals surface area (Å²) in [5.74, 6) is 0.663. The van der Waals surface area contributed by atoms with E-state index in [0.717, 1.165) is 10.3 Å². The Morgan fingerprint density at radius 3 is 2.53 bits per heavy atom. The standard InChI is InChI=1S/C11H10BrN3/c12-10-7-6-9(13)11(15-10)14-8-4-2-1-3-5-8/h1-7H,13H2,(H,14,15). The maximum atomic E-state index is 5.79.